The first-order valence-electron chi connectivity index (χ1n) is 4.29. The molecule has 0 spiro atoms. The molecular formula is C10H10N2OS. The first-order chi connectivity index (χ1) is 6.86. The van der Waals surface area contributed by atoms with Gasteiger partial charge in [-0.3, -0.25) is 4.79 Å². The zero-order valence-electron chi connectivity index (χ0n) is 7.49. The summed E-state index contributed by atoms with van der Waals surface area (Å²) in [6.07, 6.45) is 3.30. The molecule has 2 aromatic heterocycles. The number of rotatable bonds is 3. The molecular weight excluding hydrogens is 196 g/mol. The second-order valence-corrected chi connectivity index (χ2v) is 3.89. The minimum absolute atomic E-state index is 0.0142. The van der Waals surface area contributed by atoms with E-state index in [2.05, 4.69) is 10.3 Å². The molecule has 3 nitrogen and oxygen atoms in total. The van der Waals surface area contributed by atoms with Gasteiger partial charge in [0.2, 0.25) is 5.43 Å². The lowest BCUT2D eigenvalue weighted by Gasteiger charge is -2.02. The number of pyridine rings is 1. The zero-order chi connectivity index (χ0) is 9.80. The molecule has 0 atom stereocenters. The van der Waals surface area contributed by atoms with Gasteiger partial charge in [0.1, 0.15) is 0 Å². The molecule has 0 unspecified atom stereocenters. The molecule has 0 bridgehead atoms. The maximum absolute atomic E-state index is 11.3. The van der Waals surface area contributed by atoms with Crippen LogP contribution >= 0.6 is 11.3 Å². The molecule has 2 rings (SSSR count). The van der Waals surface area contributed by atoms with Gasteiger partial charge < -0.3 is 10.3 Å². The molecule has 0 radical (unpaired) electrons. The van der Waals surface area contributed by atoms with Crippen LogP contribution < -0.4 is 10.7 Å². The summed E-state index contributed by atoms with van der Waals surface area (Å²) >= 11 is 1.67. The van der Waals surface area contributed by atoms with Gasteiger partial charge in [0.25, 0.3) is 0 Å². The van der Waals surface area contributed by atoms with Gasteiger partial charge in [-0.1, -0.05) is 6.07 Å². The molecule has 0 saturated carbocycles. The molecule has 0 aromatic carbocycles. The van der Waals surface area contributed by atoms with E-state index in [1.807, 2.05) is 17.5 Å². The van der Waals surface area contributed by atoms with E-state index in [0.29, 0.717) is 12.2 Å². The van der Waals surface area contributed by atoms with Gasteiger partial charge in [0.15, 0.2) is 0 Å². The SMILES string of the molecule is O=c1cc[nH]cc1NCc1cccs1. The first-order valence-corrected chi connectivity index (χ1v) is 5.17. The summed E-state index contributed by atoms with van der Waals surface area (Å²) in [5.41, 5.74) is 0.626. The highest BCUT2D eigenvalue weighted by Crippen LogP contribution is 2.09. The van der Waals surface area contributed by atoms with Crippen molar-refractivity contribution in [2.75, 3.05) is 5.32 Å². The van der Waals surface area contributed by atoms with Crippen LogP contribution in [-0.4, -0.2) is 4.98 Å². The molecule has 2 N–H and O–H groups in total. The van der Waals surface area contributed by atoms with Crippen LogP contribution in [0.25, 0.3) is 0 Å². The van der Waals surface area contributed by atoms with Crippen LogP contribution in [0, 0.1) is 0 Å². The normalized spacial score (nSPS) is 10.0. The van der Waals surface area contributed by atoms with Gasteiger partial charge in [0.05, 0.1) is 5.69 Å². The van der Waals surface area contributed by atoms with Crippen LogP contribution in [-0.2, 0) is 6.54 Å². The quantitative estimate of drug-likeness (QED) is 0.807. The van der Waals surface area contributed by atoms with Crippen molar-refractivity contribution in [3.8, 4) is 0 Å². The zero-order valence-corrected chi connectivity index (χ0v) is 8.30. The lowest BCUT2D eigenvalue weighted by atomic mass is 10.4. The molecule has 0 aliphatic heterocycles. The van der Waals surface area contributed by atoms with Gasteiger partial charge >= 0.3 is 0 Å². The average molecular weight is 206 g/mol. The van der Waals surface area contributed by atoms with E-state index in [1.54, 1.807) is 23.7 Å². The highest BCUT2D eigenvalue weighted by Gasteiger charge is 1.97. The summed E-state index contributed by atoms with van der Waals surface area (Å²) in [4.78, 5) is 15.4. The molecule has 72 valence electrons. The molecule has 0 aliphatic carbocycles. The van der Waals surface area contributed by atoms with Crippen LogP contribution in [0.1, 0.15) is 4.88 Å². The summed E-state index contributed by atoms with van der Waals surface area (Å²) in [5, 5.41) is 5.10. The van der Waals surface area contributed by atoms with Gasteiger partial charge in [-0.15, -0.1) is 11.3 Å². The van der Waals surface area contributed by atoms with Crippen molar-refractivity contribution in [2.24, 2.45) is 0 Å². The Labute approximate surface area is 85.4 Å². The van der Waals surface area contributed by atoms with E-state index < -0.39 is 0 Å². The summed E-state index contributed by atoms with van der Waals surface area (Å²) in [6.45, 7) is 0.699. The lowest BCUT2D eigenvalue weighted by molar-refractivity contribution is 1.16. The Kier molecular flexibility index (Phi) is 2.65. The Morgan fingerprint density at radius 2 is 2.36 bits per heavy atom. The topological polar surface area (TPSA) is 44.9 Å². The monoisotopic (exact) mass is 206 g/mol. The van der Waals surface area contributed by atoms with Crippen LogP contribution in [0.15, 0.2) is 40.8 Å². The van der Waals surface area contributed by atoms with Crippen molar-refractivity contribution in [3.63, 3.8) is 0 Å². The Morgan fingerprint density at radius 1 is 1.43 bits per heavy atom. The minimum Gasteiger partial charge on any atom is -0.376 e. The molecule has 0 amide bonds. The number of hydrogen-bond donors (Lipinski definition) is 2. The van der Waals surface area contributed by atoms with Crippen molar-refractivity contribution >= 4 is 17.0 Å². The Balaban J connectivity index is 2.06. The standard InChI is InChI=1S/C10H10N2OS/c13-10-3-4-11-7-9(10)12-6-8-2-1-5-14-8/h1-5,7,12H,6H2,(H,11,13). The highest BCUT2D eigenvalue weighted by atomic mass is 32.1. The first kappa shape index (κ1) is 9.02. The fourth-order valence-corrected chi connectivity index (χ4v) is 1.79. The van der Waals surface area contributed by atoms with Crippen molar-refractivity contribution in [2.45, 2.75) is 6.54 Å². The third-order valence-corrected chi connectivity index (χ3v) is 2.73. The Morgan fingerprint density at radius 3 is 3.07 bits per heavy atom. The van der Waals surface area contributed by atoms with Crippen LogP contribution in [0.5, 0.6) is 0 Å². The number of H-pyrrole nitrogens is 1. The third-order valence-electron chi connectivity index (χ3n) is 1.86. The van der Waals surface area contributed by atoms with Crippen molar-refractivity contribution in [1.29, 1.82) is 0 Å². The fourth-order valence-electron chi connectivity index (χ4n) is 1.15. The van der Waals surface area contributed by atoms with Gasteiger partial charge in [-0.05, 0) is 11.4 Å². The van der Waals surface area contributed by atoms with Gasteiger partial charge in [-0.2, -0.15) is 0 Å². The number of nitrogens with one attached hydrogen (secondary N) is 2. The van der Waals surface area contributed by atoms with Crippen LogP contribution in [0.3, 0.4) is 0 Å². The van der Waals surface area contributed by atoms with Crippen molar-refractivity contribution in [1.82, 2.24) is 4.98 Å². The summed E-state index contributed by atoms with van der Waals surface area (Å²) in [5.74, 6) is 0. The van der Waals surface area contributed by atoms with E-state index >= 15 is 0 Å². The molecule has 14 heavy (non-hydrogen) atoms. The summed E-state index contributed by atoms with van der Waals surface area (Å²) in [7, 11) is 0. The lowest BCUT2D eigenvalue weighted by Crippen LogP contribution is -2.09. The van der Waals surface area contributed by atoms with E-state index in [0.717, 1.165) is 0 Å². The molecule has 2 aromatic rings. The van der Waals surface area contributed by atoms with Gasteiger partial charge in [0, 0.05) is 29.9 Å². The van der Waals surface area contributed by atoms with Crippen LogP contribution in [0.2, 0.25) is 0 Å². The third kappa shape index (κ3) is 2.03. The highest BCUT2D eigenvalue weighted by molar-refractivity contribution is 7.09. The predicted molar refractivity (Wildman–Crippen MR) is 58.7 cm³/mol. The van der Waals surface area contributed by atoms with Crippen molar-refractivity contribution < 1.29 is 0 Å². The molecule has 0 fully saturated rings. The van der Waals surface area contributed by atoms with E-state index in [-0.39, 0.29) is 5.43 Å². The van der Waals surface area contributed by atoms with E-state index in [9.17, 15) is 4.79 Å². The number of aromatic amines is 1. The largest absolute Gasteiger partial charge is 0.376 e. The predicted octanol–water partition coefficient (Wildman–Crippen LogP) is 2.05. The second-order valence-electron chi connectivity index (χ2n) is 2.86. The number of thiophene rings is 1. The van der Waals surface area contributed by atoms with E-state index in [1.165, 1.54) is 10.9 Å². The number of anilines is 1. The fraction of sp³-hybridized carbons (Fsp3) is 0.100. The van der Waals surface area contributed by atoms with Crippen molar-refractivity contribution in [3.05, 3.63) is 51.1 Å². The number of aromatic nitrogens is 1. The molecule has 0 aliphatic rings. The Hall–Kier alpha value is -1.55. The molecule has 2 heterocycles. The summed E-state index contributed by atoms with van der Waals surface area (Å²) < 4.78 is 0. The summed E-state index contributed by atoms with van der Waals surface area (Å²) in [6, 6.07) is 5.54. The van der Waals surface area contributed by atoms with Crippen LogP contribution in [0.4, 0.5) is 5.69 Å². The maximum Gasteiger partial charge on any atom is 0.204 e. The second kappa shape index (κ2) is 4.11. The minimum atomic E-state index is 0.0142. The maximum atomic E-state index is 11.3. The smallest absolute Gasteiger partial charge is 0.204 e. The Bertz CT molecular complexity index is 447. The number of hydrogen-bond acceptors (Lipinski definition) is 3. The molecule has 4 heteroatoms. The average Bonchev–Trinajstić information content (AvgIpc) is 2.69. The van der Waals surface area contributed by atoms with E-state index in [4.69, 9.17) is 0 Å². The molecule has 0 saturated heterocycles. The van der Waals surface area contributed by atoms with Gasteiger partial charge in [-0.25, -0.2) is 0 Å².